The van der Waals surface area contributed by atoms with Crippen molar-refractivity contribution in [2.45, 2.75) is 0 Å². The highest BCUT2D eigenvalue weighted by atomic mass is 32.2. The Bertz CT molecular complexity index is 688. The fourth-order valence-corrected chi connectivity index (χ4v) is 4.31. The Balaban J connectivity index is 1.81. The molecule has 1 aliphatic heterocycles. The average Bonchev–Trinajstić information content (AvgIpc) is 2.54. The van der Waals surface area contributed by atoms with Gasteiger partial charge in [0, 0.05) is 36.0 Å². The molecule has 0 saturated carbocycles. The van der Waals surface area contributed by atoms with Gasteiger partial charge in [-0.3, -0.25) is 0 Å². The van der Waals surface area contributed by atoms with Crippen LogP contribution in [0.2, 0.25) is 0 Å². The summed E-state index contributed by atoms with van der Waals surface area (Å²) in [6.45, 7) is 1.70. The number of nitrogens with two attached hydrogens (primary N) is 1. The molecule has 1 aromatic carbocycles. The monoisotopic (exact) mass is 321 g/mol. The second-order valence-corrected chi connectivity index (χ2v) is 7.23. The van der Waals surface area contributed by atoms with Crippen LogP contribution in [-0.2, 0) is 0 Å². The SMILES string of the molecule is COc1ccc2c(N3CC[SH](NC(N)=O)CC3)ncnc2c1. The molecule has 1 aliphatic rings. The third-order valence-corrected chi connectivity index (χ3v) is 5.69. The Morgan fingerprint density at radius 2 is 2.14 bits per heavy atom. The number of primary amides is 1. The predicted molar refractivity (Wildman–Crippen MR) is 89.7 cm³/mol. The molecule has 7 nitrogen and oxygen atoms in total. The van der Waals surface area contributed by atoms with Gasteiger partial charge in [-0.15, -0.1) is 0 Å². The smallest absolute Gasteiger partial charge is 0.320 e. The first-order valence-corrected chi connectivity index (χ1v) is 8.73. The topological polar surface area (TPSA) is 93.4 Å². The van der Waals surface area contributed by atoms with Crippen molar-refractivity contribution in [3.63, 3.8) is 0 Å². The Morgan fingerprint density at radius 3 is 2.82 bits per heavy atom. The molecule has 0 spiro atoms. The minimum atomic E-state index is -0.509. The van der Waals surface area contributed by atoms with E-state index in [4.69, 9.17) is 10.5 Å². The fraction of sp³-hybridized carbons (Fsp3) is 0.357. The first-order chi connectivity index (χ1) is 10.7. The zero-order valence-electron chi connectivity index (χ0n) is 12.3. The molecule has 1 saturated heterocycles. The minimum Gasteiger partial charge on any atom is -0.497 e. The van der Waals surface area contributed by atoms with Gasteiger partial charge in [0.1, 0.15) is 17.9 Å². The zero-order chi connectivity index (χ0) is 15.5. The molecule has 0 aliphatic carbocycles. The molecule has 0 atom stereocenters. The number of methoxy groups -OCH3 is 1. The van der Waals surface area contributed by atoms with Crippen LogP contribution in [0.25, 0.3) is 10.9 Å². The van der Waals surface area contributed by atoms with Crippen molar-refractivity contribution in [2.75, 3.05) is 36.6 Å². The summed E-state index contributed by atoms with van der Waals surface area (Å²) in [5.41, 5.74) is 6.06. The van der Waals surface area contributed by atoms with E-state index in [2.05, 4.69) is 19.6 Å². The fourth-order valence-electron chi connectivity index (χ4n) is 2.59. The summed E-state index contributed by atoms with van der Waals surface area (Å²) in [4.78, 5) is 21.9. The third-order valence-electron chi connectivity index (χ3n) is 3.67. The number of aromatic nitrogens is 2. The lowest BCUT2D eigenvalue weighted by Crippen LogP contribution is -2.40. The minimum absolute atomic E-state index is 0.431. The van der Waals surface area contributed by atoms with Crippen LogP contribution in [0.1, 0.15) is 0 Å². The van der Waals surface area contributed by atoms with Gasteiger partial charge in [0.05, 0.1) is 12.6 Å². The molecule has 8 heteroatoms. The summed E-state index contributed by atoms with van der Waals surface area (Å²) in [7, 11) is 1.64. The Kier molecular flexibility index (Phi) is 4.19. The standard InChI is InChI=1S/C14H19N5O2S/c1-21-10-2-3-11-12(8-10)16-9-17-13(11)19-4-6-22(7-5-19)18-14(15)20/h2-3,8-9,22H,4-7H2,1H3,(H3,15,18,20). The molecule has 0 radical (unpaired) electrons. The maximum atomic E-state index is 10.9. The molecule has 1 aromatic heterocycles. The summed E-state index contributed by atoms with van der Waals surface area (Å²) < 4.78 is 8.07. The van der Waals surface area contributed by atoms with E-state index in [0.29, 0.717) is 0 Å². The molecular weight excluding hydrogens is 302 g/mol. The molecule has 118 valence electrons. The molecule has 2 amide bonds. The van der Waals surface area contributed by atoms with Crippen molar-refractivity contribution in [3.8, 4) is 5.75 Å². The van der Waals surface area contributed by atoms with Crippen LogP contribution < -0.4 is 20.1 Å². The summed E-state index contributed by atoms with van der Waals surface area (Å²) in [6, 6.07) is 5.38. The molecule has 0 bridgehead atoms. The first-order valence-electron chi connectivity index (χ1n) is 7.02. The van der Waals surface area contributed by atoms with E-state index in [1.165, 1.54) is 0 Å². The highest BCUT2D eigenvalue weighted by Gasteiger charge is 2.20. The number of rotatable bonds is 3. The lowest BCUT2D eigenvalue weighted by Gasteiger charge is -2.35. The number of fused-ring (bicyclic) bond motifs is 1. The van der Waals surface area contributed by atoms with E-state index < -0.39 is 17.1 Å². The number of nitrogens with one attached hydrogen (secondary N) is 1. The van der Waals surface area contributed by atoms with Crippen molar-refractivity contribution in [3.05, 3.63) is 24.5 Å². The van der Waals surface area contributed by atoms with Gasteiger partial charge in [-0.1, -0.05) is 0 Å². The van der Waals surface area contributed by atoms with Crippen molar-refractivity contribution < 1.29 is 9.53 Å². The second kappa shape index (κ2) is 6.27. The van der Waals surface area contributed by atoms with Gasteiger partial charge in [-0.2, -0.15) is 11.1 Å². The largest absolute Gasteiger partial charge is 0.497 e. The average molecular weight is 321 g/mol. The van der Waals surface area contributed by atoms with E-state index >= 15 is 0 Å². The lowest BCUT2D eigenvalue weighted by atomic mass is 10.2. The molecule has 2 aromatic rings. The second-order valence-electron chi connectivity index (χ2n) is 5.03. The van der Waals surface area contributed by atoms with Crippen LogP contribution in [0.15, 0.2) is 24.5 Å². The summed E-state index contributed by atoms with van der Waals surface area (Å²) in [6.07, 6.45) is 1.58. The molecule has 3 rings (SSSR count). The van der Waals surface area contributed by atoms with Gasteiger partial charge in [0.15, 0.2) is 0 Å². The summed E-state index contributed by atoms with van der Waals surface area (Å²) in [5.74, 6) is 3.55. The number of carbonyl (C=O) groups is 1. The predicted octanol–water partition coefficient (Wildman–Crippen LogP) is 1.04. The Hall–Kier alpha value is -2.22. The number of hydrogen-bond donors (Lipinski definition) is 3. The van der Waals surface area contributed by atoms with Crippen LogP contribution in [0, 0.1) is 0 Å². The zero-order valence-corrected chi connectivity index (χ0v) is 13.2. The van der Waals surface area contributed by atoms with Crippen LogP contribution in [0.4, 0.5) is 10.6 Å². The molecule has 22 heavy (non-hydrogen) atoms. The van der Waals surface area contributed by atoms with E-state index in [1.54, 1.807) is 13.4 Å². The molecular formula is C14H19N5O2S. The molecule has 0 unspecified atom stereocenters. The maximum absolute atomic E-state index is 10.9. The highest BCUT2D eigenvalue weighted by molar-refractivity contribution is 8.15. The highest BCUT2D eigenvalue weighted by Crippen LogP contribution is 2.30. The summed E-state index contributed by atoms with van der Waals surface area (Å²) >= 11 is -0.509. The third kappa shape index (κ3) is 3.01. The number of ether oxygens (including phenoxy) is 1. The quantitative estimate of drug-likeness (QED) is 0.735. The van der Waals surface area contributed by atoms with Crippen LogP contribution >= 0.6 is 11.1 Å². The van der Waals surface area contributed by atoms with Gasteiger partial charge in [-0.05, 0) is 12.1 Å². The Labute approximate surface area is 131 Å². The number of anilines is 1. The number of urea groups is 1. The van der Waals surface area contributed by atoms with Gasteiger partial charge < -0.3 is 20.1 Å². The van der Waals surface area contributed by atoms with Gasteiger partial charge in [0.2, 0.25) is 0 Å². The summed E-state index contributed by atoms with van der Waals surface area (Å²) in [5, 5.41) is 1.01. The van der Waals surface area contributed by atoms with Gasteiger partial charge in [-0.25, -0.2) is 14.8 Å². The molecule has 2 heterocycles. The first kappa shape index (κ1) is 14.7. The number of benzene rings is 1. The van der Waals surface area contributed by atoms with Crippen molar-refractivity contribution in [2.24, 2.45) is 5.73 Å². The van der Waals surface area contributed by atoms with Crippen LogP contribution in [0.5, 0.6) is 5.75 Å². The van der Waals surface area contributed by atoms with E-state index in [9.17, 15) is 4.79 Å². The molecule has 1 fully saturated rings. The lowest BCUT2D eigenvalue weighted by molar-refractivity contribution is 0.254. The van der Waals surface area contributed by atoms with Crippen LogP contribution in [0.3, 0.4) is 0 Å². The Morgan fingerprint density at radius 1 is 1.36 bits per heavy atom. The maximum Gasteiger partial charge on any atom is 0.320 e. The normalized spacial score (nSPS) is 16.6. The van der Waals surface area contributed by atoms with Crippen molar-refractivity contribution >= 4 is 33.8 Å². The van der Waals surface area contributed by atoms with E-state index in [1.807, 2.05) is 18.2 Å². The number of nitrogens with zero attached hydrogens (tertiary/aromatic N) is 3. The van der Waals surface area contributed by atoms with E-state index in [-0.39, 0.29) is 0 Å². The van der Waals surface area contributed by atoms with Gasteiger partial charge in [0.25, 0.3) is 0 Å². The van der Waals surface area contributed by atoms with E-state index in [0.717, 1.165) is 47.1 Å². The van der Waals surface area contributed by atoms with Gasteiger partial charge >= 0.3 is 6.03 Å². The van der Waals surface area contributed by atoms with Crippen LogP contribution in [-0.4, -0.2) is 47.7 Å². The van der Waals surface area contributed by atoms with Crippen molar-refractivity contribution in [1.82, 2.24) is 14.7 Å². The number of carbonyl (C=O) groups excluding carboxylic acids is 1. The molecule has 3 N–H and O–H groups in total. The number of hydrogen-bond acceptors (Lipinski definition) is 5. The van der Waals surface area contributed by atoms with Crippen molar-refractivity contribution in [1.29, 1.82) is 0 Å². The number of amides is 2. The number of thiol groups is 1.